The van der Waals surface area contributed by atoms with Crippen molar-refractivity contribution in [2.24, 2.45) is 4.99 Å². The largest absolute Gasteiger partial charge is 0.357 e. The van der Waals surface area contributed by atoms with Gasteiger partial charge in [-0.25, -0.2) is 9.98 Å². The molecule has 0 saturated carbocycles. The molecule has 4 nitrogen and oxygen atoms in total. The van der Waals surface area contributed by atoms with E-state index in [1.54, 1.807) is 11.3 Å². The van der Waals surface area contributed by atoms with Crippen molar-refractivity contribution in [2.75, 3.05) is 13.1 Å². The first-order chi connectivity index (χ1) is 11.5. The standard InChI is InChI=1S/C19H28N4S/c1-5-16-12-21-17(24-16)13-22-18(20-6-2)23-14-19(3,4)15-10-8-7-9-11-15/h7-12H,5-6,13-14H2,1-4H3,(H2,20,22,23). The highest BCUT2D eigenvalue weighted by atomic mass is 32.1. The summed E-state index contributed by atoms with van der Waals surface area (Å²) in [5.41, 5.74) is 1.36. The Kier molecular flexibility index (Phi) is 6.79. The maximum absolute atomic E-state index is 4.67. The maximum atomic E-state index is 4.67. The second kappa shape index (κ2) is 8.83. The summed E-state index contributed by atoms with van der Waals surface area (Å²) in [5.74, 6) is 0.842. The van der Waals surface area contributed by atoms with Gasteiger partial charge in [-0.1, -0.05) is 51.1 Å². The lowest BCUT2D eigenvalue weighted by atomic mass is 9.85. The normalized spacial score (nSPS) is 12.2. The first kappa shape index (κ1) is 18.5. The fourth-order valence-corrected chi connectivity index (χ4v) is 3.16. The van der Waals surface area contributed by atoms with E-state index in [-0.39, 0.29) is 5.41 Å². The van der Waals surface area contributed by atoms with E-state index in [1.807, 2.05) is 6.20 Å². The van der Waals surface area contributed by atoms with Crippen LogP contribution in [0.2, 0.25) is 0 Å². The Balaban J connectivity index is 1.98. The molecule has 0 atom stereocenters. The van der Waals surface area contributed by atoms with Gasteiger partial charge in [0.1, 0.15) is 5.01 Å². The van der Waals surface area contributed by atoms with Gasteiger partial charge < -0.3 is 10.6 Å². The number of guanidine groups is 1. The van der Waals surface area contributed by atoms with E-state index in [2.05, 4.69) is 78.6 Å². The van der Waals surface area contributed by atoms with Gasteiger partial charge in [-0.3, -0.25) is 0 Å². The molecular weight excluding hydrogens is 316 g/mol. The minimum absolute atomic E-state index is 0.0357. The molecule has 1 aromatic carbocycles. The lowest BCUT2D eigenvalue weighted by Gasteiger charge is -2.26. The molecular formula is C19H28N4S. The van der Waals surface area contributed by atoms with Crippen LogP contribution in [-0.4, -0.2) is 24.0 Å². The van der Waals surface area contributed by atoms with E-state index >= 15 is 0 Å². The SMILES string of the molecule is CCNC(=NCc1ncc(CC)s1)NCC(C)(C)c1ccccc1. The monoisotopic (exact) mass is 344 g/mol. The molecule has 2 aromatic rings. The van der Waals surface area contributed by atoms with Crippen LogP contribution in [-0.2, 0) is 18.4 Å². The molecule has 0 radical (unpaired) electrons. The molecule has 0 aliphatic rings. The van der Waals surface area contributed by atoms with Crippen LogP contribution in [0.4, 0.5) is 0 Å². The predicted molar refractivity (Wildman–Crippen MR) is 104 cm³/mol. The maximum Gasteiger partial charge on any atom is 0.191 e. The fraction of sp³-hybridized carbons (Fsp3) is 0.474. The van der Waals surface area contributed by atoms with Gasteiger partial charge in [0, 0.05) is 29.6 Å². The third-order valence-electron chi connectivity index (χ3n) is 3.92. The van der Waals surface area contributed by atoms with Gasteiger partial charge in [-0.05, 0) is 18.9 Å². The molecule has 2 N–H and O–H groups in total. The van der Waals surface area contributed by atoms with Crippen LogP contribution in [0.15, 0.2) is 41.5 Å². The van der Waals surface area contributed by atoms with Gasteiger partial charge in [0.25, 0.3) is 0 Å². The lowest BCUT2D eigenvalue weighted by Crippen LogP contribution is -2.43. The van der Waals surface area contributed by atoms with Crippen molar-refractivity contribution in [1.82, 2.24) is 15.6 Å². The Morgan fingerprint density at radius 3 is 2.54 bits per heavy atom. The van der Waals surface area contributed by atoms with Crippen molar-refractivity contribution in [3.8, 4) is 0 Å². The fourth-order valence-electron chi connectivity index (χ4n) is 2.37. The molecule has 1 heterocycles. The van der Waals surface area contributed by atoms with Crippen LogP contribution in [0, 0.1) is 0 Å². The van der Waals surface area contributed by atoms with Crippen LogP contribution in [0.25, 0.3) is 0 Å². The summed E-state index contributed by atoms with van der Waals surface area (Å²) in [6.07, 6.45) is 2.99. The van der Waals surface area contributed by atoms with Crippen LogP contribution in [0.3, 0.4) is 0 Å². The van der Waals surface area contributed by atoms with Crippen LogP contribution in [0.1, 0.15) is 43.1 Å². The quantitative estimate of drug-likeness (QED) is 0.594. The molecule has 2 rings (SSSR count). The molecule has 1 aromatic heterocycles. The van der Waals surface area contributed by atoms with Gasteiger partial charge in [0.15, 0.2) is 5.96 Å². The Bertz CT molecular complexity index is 646. The molecule has 0 fully saturated rings. The van der Waals surface area contributed by atoms with Gasteiger partial charge >= 0.3 is 0 Å². The Hall–Kier alpha value is -1.88. The van der Waals surface area contributed by atoms with Crippen molar-refractivity contribution in [3.05, 3.63) is 52.0 Å². The number of rotatable bonds is 7. The molecule has 0 amide bonds. The number of hydrogen-bond donors (Lipinski definition) is 2. The van der Waals surface area contributed by atoms with Crippen LogP contribution >= 0.6 is 11.3 Å². The van der Waals surface area contributed by atoms with Gasteiger partial charge in [-0.2, -0.15) is 0 Å². The summed E-state index contributed by atoms with van der Waals surface area (Å²) >= 11 is 1.74. The Morgan fingerprint density at radius 2 is 1.92 bits per heavy atom. The topological polar surface area (TPSA) is 49.3 Å². The first-order valence-corrected chi connectivity index (χ1v) is 9.38. The molecule has 0 unspecified atom stereocenters. The third-order valence-corrected chi connectivity index (χ3v) is 5.05. The minimum Gasteiger partial charge on any atom is -0.357 e. The summed E-state index contributed by atoms with van der Waals surface area (Å²) in [7, 11) is 0. The van der Waals surface area contributed by atoms with Crippen molar-refractivity contribution in [3.63, 3.8) is 0 Å². The van der Waals surface area contributed by atoms with E-state index in [0.29, 0.717) is 6.54 Å². The van der Waals surface area contributed by atoms with E-state index in [9.17, 15) is 0 Å². The van der Waals surface area contributed by atoms with Crippen molar-refractivity contribution in [1.29, 1.82) is 0 Å². The number of nitrogens with zero attached hydrogens (tertiary/aromatic N) is 2. The average Bonchev–Trinajstić information content (AvgIpc) is 3.06. The second-order valence-corrected chi connectivity index (χ2v) is 7.57. The van der Waals surface area contributed by atoms with Crippen molar-refractivity contribution in [2.45, 2.75) is 46.1 Å². The summed E-state index contributed by atoms with van der Waals surface area (Å²) in [5, 5.41) is 7.84. The van der Waals surface area contributed by atoms with Gasteiger partial charge in [-0.15, -0.1) is 11.3 Å². The average molecular weight is 345 g/mol. The highest BCUT2D eigenvalue weighted by Crippen LogP contribution is 2.21. The number of nitrogens with one attached hydrogen (secondary N) is 2. The molecule has 0 aliphatic heterocycles. The third kappa shape index (κ3) is 5.34. The Labute approximate surface area is 149 Å². The molecule has 24 heavy (non-hydrogen) atoms. The highest BCUT2D eigenvalue weighted by molar-refractivity contribution is 7.11. The zero-order valence-corrected chi connectivity index (χ0v) is 15.9. The number of aryl methyl sites for hydroxylation is 1. The summed E-state index contributed by atoms with van der Waals surface area (Å²) in [6, 6.07) is 10.6. The van der Waals surface area contributed by atoms with Crippen molar-refractivity contribution < 1.29 is 0 Å². The highest BCUT2D eigenvalue weighted by Gasteiger charge is 2.20. The van der Waals surface area contributed by atoms with E-state index in [0.717, 1.165) is 30.5 Å². The zero-order chi connectivity index (χ0) is 17.4. The second-order valence-electron chi connectivity index (χ2n) is 6.37. The number of benzene rings is 1. The first-order valence-electron chi connectivity index (χ1n) is 8.56. The summed E-state index contributed by atoms with van der Waals surface area (Å²) in [6.45, 7) is 11.0. The lowest BCUT2D eigenvalue weighted by molar-refractivity contribution is 0.508. The van der Waals surface area contributed by atoms with E-state index in [4.69, 9.17) is 0 Å². The number of hydrogen-bond acceptors (Lipinski definition) is 3. The molecule has 0 bridgehead atoms. The summed E-state index contributed by atoms with van der Waals surface area (Å²) < 4.78 is 0. The van der Waals surface area contributed by atoms with Crippen molar-refractivity contribution >= 4 is 17.3 Å². The summed E-state index contributed by atoms with van der Waals surface area (Å²) in [4.78, 5) is 10.4. The van der Waals surface area contributed by atoms with Crippen LogP contribution in [0.5, 0.6) is 0 Å². The smallest absolute Gasteiger partial charge is 0.191 e. The predicted octanol–water partition coefficient (Wildman–Crippen LogP) is 3.74. The number of thiazole rings is 1. The van der Waals surface area contributed by atoms with Crippen LogP contribution < -0.4 is 10.6 Å². The number of aromatic nitrogens is 1. The minimum atomic E-state index is 0.0357. The zero-order valence-electron chi connectivity index (χ0n) is 15.1. The van der Waals surface area contributed by atoms with Gasteiger partial charge in [0.2, 0.25) is 0 Å². The molecule has 0 saturated heterocycles. The molecule has 0 aliphatic carbocycles. The van der Waals surface area contributed by atoms with E-state index < -0.39 is 0 Å². The Morgan fingerprint density at radius 1 is 1.17 bits per heavy atom. The van der Waals surface area contributed by atoms with Gasteiger partial charge in [0.05, 0.1) is 6.54 Å². The number of aliphatic imine (C=N–C) groups is 1. The van der Waals surface area contributed by atoms with E-state index in [1.165, 1.54) is 10.4 Å². The molecule has 0 spiro atoms. The molecule has 130 valence electrons. The molecule has 5 heteroatoms.